The molecule has 2 aromatic rings. The predicted octanol–water partition coefficient (Wildman–Crippen LogP) is 3.40. The quantitative estimate of drug-likeness (QED) is 0.786. The Kier molecular flexibility index (Phi) is 1.94. The van der Waals surface area contributed by atoms with Gasteiger partial charge in [0.2, 0.25) is 0 Å². The number of nitrogens with one attached hydrogen (secondary N) is 1. The lowest BCUT2D eigenvalue weighted by Gasteiger charge is -2.27. The monoisotopic (exact) mass is 258 g/mol. The molecule has 1 N–H and O–H groups in total. The van der Waals surface area contributed by atoms with Gasteiger partial charge in [0.25, 0.3) is 0 Å². The zero-order valence-electron chi connectivity index (χ0n) is 10.4. The largest absolute Gasteiger partial charge is 0.389 e. The lowest BCUT2D eigenvalue weighted by atomic mass is 9.86. The van der Waals surface area contributed by atoms with Crippen LogP contribution in [0.25, 0.3) is 10.9 Å². The van der Waals surface area contributed by atoms with Gasteiger partial charge >= 0.3 is 0 Å². The fourth-order valence-electron chi connectivity index (χ4n) is 2.77. The first-order valence-corrected chi connectivity index (χ1v) is 7.15. The summed E-state index contributed by atoms with van der Waals surface area (Å²) in [4.78, 5) is 9.11. The third-order valence-corrected chi connectivity index (χ3v) is 4.97. The van der Waals surface area contributed by atoms with Crippen molar-refractivity contribution in [2.45, 2.75) is 24.5 Å². The van der Waals surface area contributed by atoms with E-state index in [9.17, 15) is 0 Å². The topological polar surface area (TPSA) is 37.4 Å². The van der Waals surface area contributed by atoms with Crippen molar-refractivity contribution in [2.75, 3.05) is 5.75 Å². The summed E-state index contributed by atoms with van der Waals surface area (Å²) < 4.78 is 0. The molecule has 92 valence electrons. The van der Waals surface area contributed by atoms with Crippen molar-refractivity contribution in [1.82, 2.24) is 4.98 Å². The fraction of sp³-hybridized carbons (Fsp3) is 0.357. The van der Waals surface area contributed by atoms with E-state index in [4.69, 9.17) is 4.84 Å². The Bertz CT molecular complexity index is 671. The Balaban J connectivity index is 1.98. The van der Waals surface area contributed by atoms with Gasteiger partial charge in [-0.3, -0.25) is 0 Å². The van der Waals surface area contributed by atoms with Crippen LogP contribution in [-0.2, 0) is 4.84 Å². The van der Waals surface area contributed by atoms with Gasteiger partial charge in [-0.25, -0.2) is 0 Å². The van der Waals surface area contributed by atoms with Crippen molar-refractivity contribution in [3.05, 3.63) is 29.8 Å². The third kappa shape index (κ3) is 1.24. The second-order valence-electron chi connectivity index (χ2n) is 5.41. The Morgan fingerprint density at radius 2 is 2.22 bits per heavy atom. The summed E-state index contributed by atoms with van der Waals surface area (Å²) in [5.74, 6) is 1.42. The van der Waals surface area contributed by atoms with Crippen molar-refractivity contribution >= 4 is 28.4 Å². The maximum Gasteiger partial charge on any atom is 0.141 e. The Hall–Kier alpha value is -1.42. The van der Waals surface area contributed by atoms with Gasteiger partial charge in [-0.15, -0.1) is 11.8 Å². The second kappa shape index (κ2) is 3.32. The molecule has 2 aliphatic rings. The van der Waals surface area contributed by atoms with Gasteiger partial charge in [0.15, 0.2) is 0 Å². The highest BCUT2D eigenvalue weighted by molar-refractivity contribution is 7.99. The van der Waals surface area contributed by atoms with E-state index in [-0.39, 0.29) is 5.60 Å². The number of fused-ring (bicyclic) bond motifs is 5. The highest BCUT2D eigenvalue weighted by Crippen LogP contribution is 2.44. The van der Waals surface area contributed by atoms with E-state index >= 15 is 0 Å². The molecule has 0 bridgehead atoms. The lowest BCUT2D eigenvalue weighted by molar-refractivity contribution is -0.00924. The standard InChI is InChI=1S/C14H14N2OS/c1-14(2)9-7-18-13-11(12(9)16-17-14)8-5-3-4-6-10(8)15-13/h3-6,9,15H,7H2,1-2H3. The molecule has 18 heavy (non-hydrogen) atoms. The number of aromatic amines is 1. The highest BCUT2D eigenvalue weighted by Gasteiger charge is 2.45. The van der Waals surface area contributed by atoms with Crippen LogP contribution in [0.1, 0.15) is 19.4 Å². The highest BCUT2D eigenvalue weighted by atomic mass is 32.2. The maximum absolute atomic E-state index is 5.62. The van der Waals surface area contributed by atoms with E-state index in [0.29, 0.717) is 5.92 Å². The number of hydrogen-bond acceptors (Lipinski definition) is 3. The predicted molar refractivity (Wildman–Crippen MR) is 74.2 cm³/mol. The molecule has 3 heterocycles. The van der Waals surface area contributed by atoms with E-state index in [2.05, 4.69) is 48.3 Å². The number of thioether (sulfide) groups is 1. The number of hydrogen-bond donors (Lipinski definition) is 1. The molecule has 1 unspecified atom stereocenters. The minimum Gasteiger partial charge on any atom is -0.389 e. The average Bonchev–Trinajstić information content (AvgIpc) is 2.87. The van der Waals surface area contributed by atoms with Crippen LogP contribution < -0.4 is 0 Å². The molecule has 0 spiro atoms. The van der Waals surface area contributed by atoms with Gasteiger partial charge in [0, 0.05) is 22.2 Å². The van der Waals surface area contributed by atoms with Gasteiger partial charge in [0.05, 0.1) is 16.7 Å². The fourth-order valence-corrected chi connectivity index (χ4v) is 4.20. The van der Waals surface area contributed by atoms with Crippen molar-refractivity contribution in [3.63, 3.8) is 0 Å². The summed E-state index contributed by atoms with van der Waals surface area (Å²) in [5, 5.41) is 6.84. The SMILES string of the molecule is CC1(C)ON=C2c3c([nH]c4ccccc34)SCC21. The van der Waals surface area contributed by atoms with E-state index in [1.54, 1.807) is 0 Å². The molecule has 4 heteroatoms. The molecule has 1 aromatic carbocycles. The summed E-state index contributed by atoms with van der Waals surface area (Å²) >= 11 is 1.88. The first-order chi connectivity index (χ1) is 8.67. The third-order valence-electron chi connectivity index (χ3n) is 3.87. The van der Waals surface area contributed by atoms with Crippen LogP contribution in [0.15, 0.2) is 34.4 Å². The summed E-state index contributed by atoms with van der Waals surface area (Å²) in [6.07, 6.45) is 0. The normalized spacial score (nSPS) is 24.3. The number of aromatic nitrogens is 1. The van der Waals surface area contributed by atoms with Crippen molar-refractivity contribution in [2.24, 2.45) is 11.1 Å². The van der Waals surface area contributed by atoms with Crippen molar-refractivity contribution < 1.29 is 4.84 Å². The minimum absolute atomic E-state index is 0.182. The molecule has 0 amide bonds. The van der Waals surface area contributed by atoms with Crippen molar-refractivity contribution in [3.8, 4) is 0 Å². The molecule has 1 aromatic heterocycles. The first kappa shape index (κ1) is 10.5. The smallest absolute Gasteiger partial charge is 0.141 e. The molecule has 1 atom stereocenters. The molecule has 4 rings (SSSR count). The van der Waals surface area contributed by atoms with Crippen molar-refractivity contribution in [1.29, 1.82) is 0 Å². The van der Waals surface area contributed by atoms with E-state index in [0.717, 1.165) is 11.5 Å². The number of rotatable bonds is 0. The lowest BCUT2D eigenvalue weighted by Crippen LogP contribution is -2.36. The molecule has 0 radical (unpaired) electrons. The van der Waals surface area contributed by atoms with Crippen LogP contribution in [0.4, 0.5) is 0 Å². The zero-order valence-corrected chi connectivity index (χ0v) is 11.2. The van der Waals surface area contributed by atoms with Crippen LogP contribution >= 0.6 is 11.8 Å². The van der Waals surface area contributed by atoms with E-state index < -0.39 is 0 Å². The van der Waals surface area contributed by atoms with Crippen LogP contribution in [0.5, 0.6) is 0 Å². The average molecular weight is 258 g/mol. The summed E-state index contributed by atoms with van der Waals surface area (Å²) in [6, 6.07) is 8.40. The van der Waals surface area contributed by atoms with Crippen LogP contribution in [0.3, 0.4) is 0 Å². The molecule has 3 nitrogen and oxygen atoms in total. The summed E-state index contributed by atoms with van der Waals surface area (Å²) in [5.41, 5.74) is 3.37. The zero-order chi connectivity index (χ0) is 12.3. The van der Waals surface area contributed by atoms with Gasteiger partial charge < -0.3 is 9.82 Å². The van der Waals surface area contributed by atoms with Crippen LogP contribution in [-0.4, -0.2) is 22.0 Å². The number of nitrogens with zero attached hydrogens (tertiary/aromatic N) is 1. The molecular weight excluding hydrogens is 244 g/mol. The van der Waals surface area contributed by atoms with E-state index in [1.165, 1.54) is 21.5 Å². The first-order valence-electron chi connectivity index (χ1n) is 6.17. The number of para-hydroxylation sites is 1. The molecule has 0 fully saturated rings. The number of H-pyrrole nitrogens is 1. The Morgan fingerprint density at radius 3 is 3.11 bits per heavy atom. The summed E-state index contributed by atoms with van der Waals surface area (Å²) in [6.45, 7) is 4.24. The van der Waals surface area contributed by atoms with Gasteiger partial charge in [-0.05, 0) is 19.9 Å². The maximum atomic E-state index is 5.62. The van der Waals surface area contributed by atoms with E-state index in [1.807, 2.05) is 11.8 Å². The number of benzene rings is 1. The summed E-state index contributed by atoms with van der Waals surface area (Å²) in [7, 11) is 0. The molecule has 0 saturated carbocycles. The molecule has 0 aliphatic carbocycles. The van der Waals surface area contributed by atoms with Gasteiger partial charge in [0.1, 0.15) is 5.60 Å². The Labute approximate surface area is 110 Å². The van der Waals surface area contributed by atoms with Gasteiger partial charge in [-0.2, -0.15) is 0 Å². The molecule has 0 saturated heterocycles. The van der Waals surface area contributed by atoms with Gasteiger partial charge in [-0.1, -0.05) is 23.4 Å². The second-order valence-corrected chi connectivity index (χ2v) is 6.44. The van der Waals surface area contributed by atoms with Crippen LogP contribution in [0, 0.1) is 5.92 Å². The number of oxime groups is 1. The van der Waals surface area contributed by atoms with Crippen LogP contribution in [0.2, 0.25) is 0 Å². The molecular formula is C14H14N2OS. The molecule has 2 aliphatic heterocycles. The Morgan fingerprint density at radius 1 is 1.39 bits per heavy atom. The minimum atomic E-state index is -0.182.